The molecule has 1 fully saturated rings. The maximum Gasteiger partial charge on any atom is 0.358 e. The summed E-state index contributed by atoms with van der Waals surface area (Å²) in [5.41, 5.74) is 0.927. The van der Waals surface area contributed by atoms with Crippen LogP contribution >= 0.6 is 0 Å². The molecule has 26 heavy (non-hydrogen) atoms. The van der Waals surface area contributed by atoms with E-state index in [1.165, 1.54) is 7.11 Å². The highest BCUT2D eigenvalue weighted by molar-refractivity contribution is 5.94. The molecule has 1 saturated heterocycles. The fourth-order valence-electron chi connectivity index (χ4n) is 2.99. The van der Waals surface area contributed by atoms with Crippen molar-refractivity contribution in [1.29, 1.82) is 0 Å². The van der Waals surface area contributed by atoms with Crippen molar-refractivity contribution in [3.63, 3.8) is 0 Å². The van der Waals surface area contributed by atoms with Crippen molar-refractivity contribution in [3.8, 4) is 0 Å². The molecule has 1 aromatic heterocycles. The van der Waals surface area contributed by atoms with E-state index in [-0.39, 0.29) is 11.6 Å². The van der Waals surface area contributed by atoms with E-state index in [9.17, 15) is 9.59 Å². The predicted octanol–water partition coefficient (Wildman–Crippen LogP) is 2.23. The number of rotatable bonds is 5. The Balaban J connectivity index is 1.45. The van der Waals surface area contributed by atoms with Crippen molar-refractivity contribution in [2.24, 2.45) is 5.92 Å². The highest BCUT2D eigenvalue weighted by Crippen LogP contribution is 2.19. The van der Waals surface area contributed by atoms with Gasteiger partial charge in [0.1, 0.15) is 5.82 Å². The monoisotopic (exact) mass is 354 g/mol. The Morgan fingerprint density at radius 1 is 1.12 bits per heavy atom. The van der Waals surface area contributed by atoms with E-state index in [2.05, 4.69) is 20.3 Å². The number of anilines is 1. The maximum absolute atomic E-state index is 12.5. The molecule has 1 N–H and O–H groups in total. The average molecular weight is 354 g/mol. The Hall–Kier alpha value is -2.96. The molecule has 136 valence electrons. The zero-order chi connectivity index (χ0) is 18.4. The van der Waals surface area contributed by atoms with Crippen molar-refractivity contribution < 1.29 is 14.3 Å². The number of hydrogen-bond acceptors (Lipinski definition) is 6. The standard InChI is InChI=1S/C19H22N4O3/c1-26-19(25)16-7-8-17(22-21-16)20-13-14-9-11-23(12-10-14)18(24)15-5-3-2-4-6-15/h2-8,14H,9-13H2,1H3,(H,20,22). The summed E-state index contributed by atoms with van der Waals surface area (Å²) in [5.74, 6) is 0.693. The number of aromatic nitrogens is 2. The molecule has 0 bridgehead atoms. The first kappa shape index (κ1) is 17.8. The minimum absolute atomic E-state index is 0.0984. The fourth-order valence-corrected chi connectivity index (χ4v) is 2.99. The van der Waals surface area contributed by atoms with Crippen LogP contribution in [0.15, 0.2) is 42.5 Å². The molecule has 1 aliphatic rings. The molecule has 7 nitrogen and oxygen atoms in total. The van der Waals surface area contributed by atoms with Gasteiger partial charge in [-0.1, -0.05) is 18.2 Å². The number of piperidine rings is 1. The van der Waals surface area contributed by atoms with Gasteiger partial charge >= 0.3 is 5.97 Å². The van der Waals surface area contributed by atoms with E-state index in [0.29, 0.717) is 11.7 Å². The third-order valence-electron chi connectivity index (χ3n) is 4.55. The van der Waals surface area contributed by atoms with Crippen LogP contribution in [0.1, 0.15) is 33.7 Å². The average Bonchev–Trinajstić information content (AvgIpc) is 2.72. The number of esters is 1. The summed E-state index contributed by atoms with van der Waals surface area (Å²) >= 11 is 0. The molecule has 1 amide bonds. The molecule has 0 aliphatic carbocycles. The number of hydrogen-bond donors (Lipinski definition) is 1. The second kappa shape index (κ2) is 8.42. The molecular weight excluding hydrogens is 332 g/mol. The van der Waals surface area contributed by atoms with Gasteiger partial charge in [-0.25, -0.2) is 4.79 Å². The fraction of sp³-hybridized carbons (Fsp3) is 0.368. The SMILES string of the molecule is COC(=O)c1ccc(NCC2CCN(C(=O)c3ccccc3)CC2)nn1. The number of nitrogens with one attached hydrogen (secondary N) is 1. The maximum atomic E-state index is 12.5. The number of carbonyl (C=O) groups is 2. The van der Waals surface area contributed by atoms with E-state index >= 15 is 0 Å². The Kier molecular flexibility index (Phi) is 5.78. The lowest BCUT2D eigenvalue weighted by Gasteiger charge is -2.32. The topological polar surface area (TPSA) is 84.4 Å². The van der Waals surface area contributed by atoms with Gasteiger partial charge in [-0.3, -0.25) is 4.79 Å². The molecule has 7 heteroatoms. The number of likely N-dealkylation sites (tertiary alicyclic amines) is 1. The summed E-state index contributed by atoms with van der Waals surface area (Å²) in [7, 11) is 1.31. The normalized spacial score (nSPS) is 14.7. The highest BCUT2D eigenvalue weighted by Gasteiger charge is 2.23. The largest absolute Gasteiger partial charge is 0.464 e. The van der Waals surface area contributed by atoms with Crippen LogP contribution in [-0.2, 0) is 4.74 Å². The van der Waals surface area contributed by atoms with Gasteiger partial charge in [0.15, 0.2) is 5.69 Å². The van der Waals surface area contributed by atoms with Gasteiger partial charge in [0.2, 0.25) is 0 Å². The lowest BCUT2D eigenvalue weighted by Crippen LogP contribution is -2.39. The summed E-state index contributed by atoms with van der Waals surface area (Å²) in [6.07, 6.45) is 1.89. The molecule has 1 aromatic carbocycles. The summed E-state index contributed by atoms with van der Waals surface area (Å²) < 4.78 is 4.60. The molecule has 0 radical (unpaired) electrons. The Labute approximate surface area is 152 Å². The molecule has 0 spiro atoms. The van der Waals surface area contributed by atoms with E-state index in [1.807, 2.05) is 35.2 Å². The third-order valence-corrected chi connectivity index (χ3v) is 4.55. The van der Waals surface area contributed by atoms with Crippen molar-refractivity contribution >= 4 is 17.7 Å². The molecule has 0 atom stereocenters. The number of carbonyl (C=O) groups excluding carboxylic acids is 2. The van der Waals surface area contributed by atoms with Crippen molar-refractivity contribution in [3.05, 3.63) is 53.7 Å². The van der Waals surface area contributed by atoms with E-state index < -0.39 is 5.97 Å². The molecule has 3 rings (SSSR count). The summed E-state index contributed by atoms with van der Waals surface area (Å²) in [6.45, 7) is 2.28. The summed E-state index contributed by atoms with van der Waals surface area (Å²) in [6, 6.07) is 12.7. The van der Waals surface area contributed by atoms with Crippen LogP contribution < -0.4 is 5.32 Å². The van der Waals surface area contributed by atoms with Gasteiger partial charge in [0.05, 0.1) is 7.11 Å². The Morgan fingerprint density at radius 3 is 2.46 bits per heavy atom. The number of nitrogens with zero attached hydrogens (tertiary/aromatic N) is 3. The quantitative estimate of drug-likeness (QED) is 0.829. The van der Waals surface area contributed by atoms with E-state index in [1.54, 1.807) is 12.1 Å². The van der Waals surface area contributed by atoms with Gasteiger partial charge in [0, 0.05) is 25.2 Å². The second-order valence-electron chi connectivity index (χ2n) is 6.28. The first-order chi connectivity index (χ1) is 12.7. The first-order valence-corrected chi connectivity index (χ1v) is 8.67. The lowest BCUT2D eigenvalue weighted by molar-refractivity contribution is 0.0592. The number of methoxy groups -OCH3 is 1. The predicted molar refractivity (Wildman–Crippen MR) is 96.9 cm³/mol. The summed E-state index contributed by atoms with van der Waals surface area (Å²) in [5, 5.41) is 11.1. The van der Waals surface area contributed by atoms with Crippen LogP contribution in [0.5, 0.6) is 0 Å². The number of amides is 1. The second-order valence-corrected chi connectivity index (χ2v) is 6.28. The highest BCUT2D eigenvalue weighted by atomic mass is 16.5. The van der Waals surface area contributed by atoms with E-state index in [4.69, 9.17) is 0 Å². The van der Waals surface area contributed by atoms with Crippen LogP contribution in [0.4, 0.5) is 5.82 Å². The van der Waals surface area contributed by atoms with Crippen molar-refractivity contribution in [2.75, 3.05) is 32.1 Å². The van der Waals surface area contributed by atoms with Gasteiger partial charge in [0.25, 0.3) is 5.91 Å². The molecule has 2 aromatic rings. The van der Waals surface area contributed by atoms with Gasteiger partial charge < -0.3 is 15.0 Å². The number of benzene rings is 1. The summed E-state index contributed by atoms with van der Waals surface area (Å²) in [4.78, 5) is 25.7. The zero-order valence-electron chi connectivity index (χ0n) is 14.7. The van der Waals surface area contributed by atoms with Crippen LogP contribution in [0.25, 0.3) is 0 Å². The zero-order valence-corrected chi connectivity index (χ0v) is 14.7. The molecule has 1 aliphatic heterocycles. The van der Waals surface area contributed by atoms with Gasteiger partial charge in [-0.2, -0.15) is 0 Å². The number of ether oxygens (including phenoxy) is 1. The third kappa shape index (κ3) is 4.36. The molecule has 0 unspecified atom stereocenters. The van der Waals surface area contributed by atoms with Crippen LogP contribution in [-0.4, -0.2) is 53.7 Å². The van der Waals surface area contributed by atoms with Crippen molar-refractivity contribution in [2.45, 2.75) is 12.8 Å². The van der Waals surface area contributed by atoms with E-state index in [0.717, 1.165) is 38.0 Å². The van der Waals surface area contributed by atoms with Crippen molar-refractivity contribution in [1.82, 2.24) is 15.1 Å². The van der Waals surface area contributed by atoms with Gasteiger partial charge in [-0.15, -0.1) is 10.2 Å². The minimum atomic E-state index is -0.500. The van der Waals surface area contributed by atoms with Crippen LogP contribution in [0, 0.1) is 5.92 Å². The molecule has 2 heterocycles. The molecule has 0 saturated carbocycles. The smallest absolute Gasteiger partial charge is 0.358 e. The Bertz CT molecular complexity index is 741. The van der Waals surface area contributed by atoms with Gasteiger partial charge in [-0.05, 0) is 43.0 Å². The lowest BCUT2D eigenvalue weighted by atomic mass is 9.96. The van der Waals surface area contributed by atoms with Crippen LogP contribution in [0.2, 0.25) is 0 Å². The first-order valence-electron chi connectivity index (χ1n) is 8.67. The minimum Gasteiger partial charge on any atom is -0.464 e. The molecular formula is C19H22N4O3. The van der Waals surface area contributed by atoms with Crippen LogP contribution in [0.3, 0.4) is 0 Å². The Morgan fingerprint density at radius 2 is 1.85 bits per heavy atom.